The number of nitrogens with zero attached hydrogens (tertiary/aromatic N) is 1. The number of rotatable bonds is 6. The van der Waals surface area contributed by atoms with Gasteiger partial charge in [0.15, 0.2) is 6.61 Å². The normalized spacial score (nSPS) is 11.1. The van der Waals surface area contributed by atoms with Crippen LogP contribution in [-0.4, -0.2) is 23.4 Å². The monoisotopic (exact) mass is 453 g/mol. The van der Waals surface area contributed by atoms with Crippen molar-refractivity contribution in [2.75, 3.05) is 6.61 Å². The van der Waals surface area contributed by atoms with Crippen molar-refractivity contribution in [1.82, 2.24) is 15.8 Å². The molecule has 0 atom stereocenters. The van der Waals surface area contributed by atoms with Gasteiger partial charge in [0.25, 0.3) is 5.91 Å². The summed E-state index contributed by atoms with van der Waals surface area (Å²) in [7, 11) is 0. The number of aromatic nitrogens is 1. The minimum Gasteiger partial charge on any atom is -0.484 e. The molecule has 2 amide bonds. The summed E-state index contributed by atoms with van der Waals surface area (Å²) in [6.07, 6.45) is -4.56. The first-order valence-corrected chi connectivity index (χ1v) is 9.67. The molecule has 0 spiro atoms. The van der Waals surface area contributed by atoms with E-state index in [4.69, 9.17) is 4.74 Å². The number of hydrazine groups is 1. The Labute approximate surface area is 177 Å². The molecule has 1 heterocycles. The molecule has 3 aromatic rings. The van der Waals surface area contributed by atoms with Crippen molar-refractivity contribution in [2.45, 2.75) is 12.6 Å². The van der Waals surface area contributed by atoms with Crippen molar-refractivity contribution >= 4 is 23.2 Å². The van der Waals surface area contributed by atoms with Crippen LogP contribution < -0.4 is 15.6 Å². The SMILES string of the molecule is O=C(COc1ccc(F)cc1)NNC(=O)Cc1csc(-c2ccc(C(F)(F)F)cc2)n1. The Morgan fingerprint density at radius 3 is 2.26 bits per heavy atom. The van der Waals surface area contributed by atoms with Gasteiger partial charge in [0.05, 0.1) is 17.7 Å². The van der Waals surface area contributed by atoms with Crippen LogP contribution in [0.2, 0.25) is 0 Å². The first-order chi connectivity index (χ1) is 14.7. The van der Waals surface area contributed by atoms with Crippen LogP contribution in [0.4, 0.5) is 17.6 Å². The van der Waals surface area contributed by atoms with Crippen LogP contribution >= 0.6 is 11.3 Å². The molecule has 3 rings (SSSR count). The molecule has 0 saturated heterocycles. The molecule has 0 aliphatic carbocycles. The molecule has 0 unspecified atom stereocenters. The van der Waals surface area contributed by atoms with E-state index in [0.29, 0.717) is 22.0 Å². The van der Waals surface area contributed by atoms with Gasteiger partial charge >= 0.3 is 6.18 Å². The zero-order valence-electron chi connectivity index (χ0n) is 15.7. The topological polar surface area (TPSA) is 80.3 Å². The van der Waals surface area contributed by atoms with Crippen LogP contribution in [-0.2, 0) is 22.2 Å². The second-order valence-electron chi connectivity index (χ2n) is 6.23. The third-order valence-corrected chi connectivity index (χ3v) is 4.82. The molecule has 1 aromatic heterocycles. The molecule has 0 radical (unpaired) electrons. The summed E-state index contributed by atoms with van der Waals surface area (Å²) in [5, 5.41) is 2.07. The van der Waals surface area contributed by atoms with Crippen LogP contribution in [0, 0.1) is 5.82 Å². The molecular formula is C20H15F4N3O3S. The predicted molar refractivity (Wildman–Crippen MR) is 104 cm³/mol. The number of carbonyl (C=O) groups is 2. The maximum atomic E-state index is 12.8. The Morgan fingerprint density at radius 2 is 1.61 bits per heavy atom. The summed E-state index contributed by atoms with van der Waals surface area (Å²) < 4.78 is 55.9. The quantitative estimate of drug-likeness (QED) is 0.440. The number of hydrogen-bond donors (Lipinski definition) is 2. The lowest BCUT2D eigenvalue weighted by atomic mass is 10.1. The molecule has 2 aromatic carbocycles. The summed E-state index contributed by atoms with van der Waals surface area (Å²) in [5.74, 6) is -1.31. The molecule has 2 N–H and O–H groups in total. The minimum atomic E-state index is -4.42. The fourth-order valence-electron chi connectivity index (χ4n) is 2.39. The van der Waals surface area contributed by atoms with Gasteiger partial charge in [-0.1, -0.05) is 12.1 Å². The van der Waals surface area contributed by atoms with Gasteiger partial charge in [0, 0.05) is 10.9 Å². The Hall–Kier alpha value is -3.47. The van der Waals surface area contributed by atoms with Crippen LogP contribution in [0.15, 0.2) is 53.9 Å². The highest BCUT2D eigenvalue weighted by Crippen LogP contribution is 2.31. The van der Waals surface area contributed by atoms with E-state index in [9.17, 15) is 27.2 Å². The van der Waals surface area contributed by atoms with Gasteiger partial charge in [0.2, 0.25) is 5.91 Å². The Morgan fingerprint density at radius 1 is 0.968 bits per heavy atom. The van der Waals surface area contributed by atoms with E-state index in [-0.39, 0.29) is 13.0 Å². The van der Waals surface area contributed by atoms with Gasteiger partial charge in [-0.2, -0.15) is 13.2 Å². The number of carbonyl (C=O) groups excluding carboxylic acids is 2. The highest BCUT2D eigenvalue weighted by atomic mass is 32.1. The van der Waals surface area contributed by atoms with Crippen LogP contribution in [0.5, 0.6) is 5.75 Å². The van der Waals surface area contributed by atoms with E-state index in [1.165, 1.54) is 47.7 Å². The fourth-order valence-corrected chi connectivity index (χ4v) is 3.21. The maximum absolute atomic E-state index is 12.8. The smallest absolute Gasteiger partial charge is 0.416 e. The second-order valence-corrected chi connectivity index (χ2v) is 7.09. The van der Waals surface area contributed by atoms with Crippen LogP contribution in [0.1, 0.15) is 11.3 Å². The average Bonchev–Trinajstić information content (AvgIpc) is 3.19. The van der Waals surface area contributed by atoms with E-state index in [1.807, 2.05) is 0 Å². The van der Waals surface area contributed by atoms with Crippen LogP contribution in [0.25, 0.3) is 10.6 Å². The molecule has 0 aliphatic rings. The fraction of sp³-hybridized carbons (Fsp3) is 0.150. The molecule has 0 bridgehead atoms. The zero-order valence-corrected chi connectivity index (χ0v) is 16.5. The largest absolute Gasteiger partial charge is 0.484 e. The first-order valence-electron chi connectivity index (χ1n) is 8.79. The standard InChI is InChI=1S/C20H15F4N3O3S/c21-14-5-7-16(8-6-14)30-10-18(29)27-26-17(28)9-15-11-31-19(25-15)12-1-3-13(4-2-12)20(22,23)24/h1-8,11H,9-10H2,(H,26,28)(H,27,29). The minimum absolute atomic E-state index is 0.143. The third-order valence-electron chi connectivity index (χ3n) is 3.88. The molecule has 11 heteroatoms. The number of halogens is 4. The molecule has 0 aliphatic heterocycles. The van der Waals surface area contributed by atoms with E-state index in [0.717, 1.165) is 12.1 Å². The lowest BCUT2D eigenvalue weighted by Gasteiger charge is -2.08. The van der Waals surface area contributed by atoms with Gasteiger partial charge in [-0.25, -0.2) is 9.37 Å². The number of thiazole rings is 1. The third kappa shape index (κ3) is 6.51. The van der Waals surface area contributed by atoms with Crippen molar-refractivity contribution in [3.8, 4) is 16.3 Å². The van der Waals surface area contributed by atoms with Crippen molar-refractivity contribution in [1.29, 1.82) is 0 Å². The van der Waals surface area contributed by atoms with Crippen LogP contribution in [0.3, 0.4) is 0 Å². The zero-order chi connectivity index (χ0) is 22.4. The van der Waals surface area contributed by atoms with Gasteiger partial charge in [-0.15, -0.1) is 11.3 Å². The molecule has 6 nitrogen and oxygen atoms in total. The summed E-state index contributed by atoms with van der Waals surface area (Å²) >= 11 is 1.18. The number of benzene rings is 2. The van der Waals surface area contributed by atoms with Crippen molar-refractivity contribution < 1.29 is 31.9 Å². The number of amides is 2. The maximum Gasteiger partial charge on any atom is 0.416 e. The summed E-state index contributed by atoms with van der Waals surface area (Å²) in [4.78, 5) is 27.9. The summed E-state index contributed by atoms with van der Waals surface area (Å²) in [6.45, 7) is -0.388. The lowest BCUT2D eigenvalue weighted by molar-refractivity contribution is -0.137. The summed E-state index contributed by atoms with van der Waals surface area (Å²) in [5.41, 5.74) is 4.52. The van der Waals surface area contributed by atoms with Gasteiger partial charge in [0.1, 0.15) is 16.6 Å². The van der Waals surface area contributed by atoms with Gasteiger partial charge in [-0.05, 0) is 36.4 Å². The Kier molecular flexibility index (Phi) is 6.85. The number of ether oxygens (including phenoxy) is 1. The number of alkyl halides is 3. The molecule has 31 heavy (non-hydrogen) atoms. The predicted octanol–water partition coefficient (Wildman–Crippen LogP) is 3.74. The van der Waals surface area contributed by atoms with Gasteiger partial charge in [-0.3, -0.25) is 20.4 Å². The highest BCUT2D eigenvalue weighted by molar-refractivity contribution is 7.13. The molecule has 0 saturated carbocycles. The first kappa shape index (κ1) is 22.2. The van der Waals surface area contributed by atoms with Gasteiger partial charge < -0.3 is 4.74 Å². The summed E-state index contributed by atoms with van der Waals surface area (Å²) in [6, 6.07) is 9.64. The Bertz CT molecular complexity index is 1050. The van der Waals surface area contributed by atoms with E-state index in [2.05, 4.69) is 15.8 Å². The number of hydrogen-bond acceptors (Lipinski definition) is 5. The second kappa shape index (κ2) is 9.56. The van der Waals surface area contributed by atoms with Crippen molar-refractivity contribution in [3.05, 3.63) is 71.0 Å². The van der Waals surface area contributed by atoms with Crippen molar-refractivity contribution in [2.24, 2.45) is 0 Å². The molecular weight excluding hydrogens is 438 g/mol. The highest BCUT2D eigenvalue weighted by Gasteiger charge is 2.30. The Balaban J connectivity index is 1.46. The van der Waals surface area contributed by atoms with Crippen molar-refractivity contribution in [3.63, 3.8) is 0 Å². The number of nitrogens with one attached hydrogen (secondary N) is 2. The molecule has 0 fully saturated rings. The van der Waals surface area contributed by atoms with E-state index >= 15 is 0 Å². The molecule has 162 valence electrons. The van der Waals surface area contributed by atoms with E-state index < -0.39 is 29.4 Å². The lowest BCUT2D eigenvalue weighted by Crippen LogP contribution is -2.44. The average molecular weight is 453 g/mol. The van der Waals surface area contributed by atoms with E-state index in [1.54, 1.807) is 5.38 Å².